The summed E-state index contributed by atoms with van der Waals surface area (Å²) in [7, 11) is 1.98. The molecule has 2 amide bonds. The van der Waals surface area contributed by atoms with Gasteiger partial charge in [0.05, 0.1) is 23.2 Å². The number of aromatic nitrogens is 2. The summed E-state index contributed by atoms with van der Waals surface area (Å²) in [4.78, 5) is 26.9. The maximum absolute atomic E-state index is 12.6. The number of amides is 2. The van der Waals surface area contributed by atoms with Gasteiger partial charge in [-0.1, -0.05) is 53.0 Å². The van der Waals surface area contributed by atoms with E-state index in [1.165, 1.54) is 49.8 Å². The maximum atomic E-state index is 12.6. The van der Waals surface area contributed by atoms with Gasteiger partial charge in [-0.05, 0) is 94.5 Å². The van der Waals surface area contributed by atoms with Crippen LogP contribution in [-0.4, -0.2) is 52.2 Å². The van der Waals surface area contributed by atoms with Gasteiger partial charge >= 0.3 is 0 Å². The number of likely N-dealkylation sites (tertiary alicyclic amines) is 1. The molecule has 1 N–H and O–H groups in total. The Morgan fingerprint density at radius 2 is 1.83 bits per heavy atom. The van der Waals surface area contributed by atoms with Crippen LogP contribution in [0.5, 0.6) is 5.75 Å². The van der Waals surface area contributed by atoms with Crippen LogP contribution >= 0.6 is 15.9 Å². The average molecular weight is 636 g/mol. The van der Waals surface area contributed by atoms with E-state index in [4.69, 9.17) is 9.84 Å². The molecule has 0 radical (unpaired) electrons. The fraction of sp³-hybridized carbons (Fsp3) is 0.559. The molecule has 42 heavy (non-hydrogen) atoms. The number of ether oxygens (including phenoxy) is 1. The first-order valence-electron chi connectivity index (χ1n) is 15.8. The number of halogens is 1. The highest BCUT2D eigenvalue weighted by atomic mass is 79.9. The summed E-state index contributed by atoms with van der Waals surface area (Å²) in [5.74, 6) is 1.56. The number of imide groups is 1. The van der Waals surface area contributed by atoms with Crippen LogP contribution in [0.2, 0.25) is 0 Å². The van der Waals surface area contributed by atoms with Gasteiger partial charge in [-0.2, -0.15) is 5.10 Å². The van der Waals surface area contributed by atoms with Gasteiger partial charge in [-0.3, -0.25) is 19.6 Å². The first-order chi connectivity index (χ1) is 20.4. The molecule has 224 valence electrons. The predicted octanol–water partition coefficient (Wildman–Crippen LogP) is 6.76. The number of nitrogens with one attached hydrogen (secondary N) is 1. The summed E-state index contributed by atoms with van der Waals surface area (Å²) >= 11 is 3.62. The molecule has 2 saturated heterocycles. The highest BCUT2D eigenvalue weighted by molar-refractivity contribution is 9.10. The Labute approximate surface area is 257 Å². The number of piperidine rings is 1. The number of carbonyl (C=O) groups is 2. The lowest BCUT2D eigenvalue weighted by atomic mass is 9.84. The quantitative estimate of drug-likeness (QED) is 0.208. The van der Waals surface area contributed by atoms with Crippen LogP contribution < -0.4 is 10.1 Å². The second-order valence-corrected chi connectivity index (χ2v) is 13.5. The van der Waals surface area contributed by atoms with Gasteiger partial charge in [0.25, 0.3) is 0 Å². The lowest BCUT2D eigenvalue weighted by molar-refractivity contribution is -0.134. The molecule has 3 fully saturated rings. The lowest BCUT2D eigenvalue weighted by Crippen LogP contribution is -2.39. The molecule has 2 aliphatic heterocycles. The second kappa shape index (κ2) is 12.9. The van der Waals surface area contributed by atoms with Crippen LogP contribution in [-0.2, 0) is 16.6 Å². The van der Waals surface area contributed by atoms with Crippen molar-refractivity contribution in [2.45, 2.75) is 89.1 Å². The van der Waals surface area contributed by atoms with Gasteiger partial charge < -0.3 is 9.64 Å². The second-order valence-electron chi connectivity index (χ2n) is 12.7. The van der Waals surface area contributed by atoms with Crippen LogP contribution in [0.4, 0.5) is 0 Å². The summed E-state index contributed by atoms with van der Waals surface area (Å²) in [6.45, 7) is 5.50. The van der Waals surface area contributed by atoms with Crippen LogP contribution in [0.3, 0.4) is 0 Å². The number of aryl methyl sites for hydroxylation is 1. The number of hydrogen-bond acceptors (Lipinski definition) is 5. The van der Waals surface area contributed by atoms with Crippen molar-refractivity contribution in [3.8, 4) is 5.75 Å². The normalized spacial score (nSPS) is 25.2. The summed E-state index contributed by atoms with van der Waals surface area (Å²) in [5.41, 5.74) is 4.47. The van der Waals surface area contributed by atoms with Crippen molar-refractivity contribution in [2.24, 2.45) is 13.0 Å². The molecular weight excluding hydrogens is 592 g/mol. The Morgan fingerprint density at radius 3 is 2.64 bits per heavy atom. The minimum absolute atomic E-state index is 0.187. The minimum Gasteiger partial charge on any atom is -0.490 e. The molecule has 2 aromatic carbocycles. The van der Waals surface area contributed by atoms with E-state index in [-0.39, 0.29) is 17.7 Å². The smallest absolute Gasteiger partial charge is 0.235 e. The average Bonchev–Trinajstić information content (AvgIpc) is 3.59. The number of nitrogens with zero attached hydrogens (tertiary/aromatic N) is 3. The first-order valence-corrected chi connectivity index (χ1v) is 16.6. The molecule has 2 atom stereocenters. The third-order valence-electron chi connectivity index (χ3n) is 9.85. The molecule has 1 unspecified atom stereocenters. The van der Waals surface area contributed by atoms with Crippen molar-refractivity contribution in [1.29, 1.82) is 0 Å². The van der Waals surface area contributed by atoms with Crippen LogP contribution in [0.25, 0.3) is 10.9 Å². The number of rotatable bonds is 9. The van der Waals surface area contributed by atoms with Crippen molar-refractivity contribution in [3.63, 3.8) is 0 Å². The van der Waals surface area contributed by atoms with Gasteiger partial charge in [-0.15, -0.1) is 0 Å². The summed E-state index contributed by atoms with van der Waals surface area (Å²) in [6.07, 6.45) is 11.2. The lowest BCUT2D eigenvalue weighted by Gasteiger charge is -2.29. The molecule has 0 spiro atoms. The molecule has 3 heterocycles. The SMILES string of the molecule is Cc1c(Br)cccc1OC1CCC(CCCCN2CC[C@H](c3cccc4c(C5CCC(=O)NC5=O)nn(C)c34)C2)CC1. The molecule has 3 aromatic rings. The van der Waals surface area contributed by atoms with E-state index < -0.39 is 0 Å². The zero-order chi connectivity index (χ0) is 29.2. The molecule has 1 aliphatic carbocycles. The Hall–Kier alpha value is -2.71. The highest BCUT2D eigenvalue weighted by Gasteiger charge is 2.33. The van der Waals surface area contributed by atoms with Crippen molar-refractivity contribution in [2.75, 3.05) is 19.6 Å². The number of hydrogen-bond donors (Lipinski definition) is 1. The Bertz CT molecular complexity index is 1440. The van der Waals surface area contributed by atoms with Crippen LogP contribution in [0, 0.1) is 12.8 Å². The predicted molar refractivity (Wildman–Crippen MR) is 169 cm³/mol. The maximum Gasteiger partial charge on any atom is 0.235 e. The number of fused-ring (bicyclic) bond motifs is 1. The standard InChI is InChI=1S/C34H43BrN4O3/c1-22-29(35)10-6-11-30(22)42-25-14-12-23(13-15-25)7-3-4-19-39-20-18-24(21-39)26-8-5-9-27-32(37-38(2)33(26)27)28-16-17-31(40)36-34(28)41/h5-6,8-11,23-25,28H,3-4,7,12-21H2,1-2H3,(H,36,40,41)/t23?,24-,25?,28?/m0/s1. The van der Waals surface area contributed by atoms with E-state index in [1.54, 1.807) is 0 Å². The molecule has 8 heteroatoms. The zero-order valence-electron chi connectivity index (χ0n) is 24.9. The molecule has 0 bridgehead atoms. The highest BCUT2D eigenvalue weighted by Crippen LogP contribution is 2.37. The molecule has 7 nitrogen and oxygen atoms in total. The largest absolute Gasteiger partial charge is 0.490 e. The number of unbranched alkanes of at least 4 members (excludes halogenated alkanes) is 1. The number of para-hydroxylation sites is 1. The summed E-state index contributed by atoms with van der Waals surface area (Å²) < 4.78 is 9.42. The summed E-state index contributed by atoms with van der Waals surface area (Å²) in [6, 6.07) is 12.6. The minimum atomic E-state index is -0.361. The van der Waals surface area contributed by atoms with Crippen LogP contribution in [0.1, 0.15) is 92.9 Å². The Morgan fingerprint density at radius 1 is 1.02 bits per heavy atom. The van der Waals surface area contributed by atoms with Crippen molar-refractivity contribution < 1.29 is 14.3 Å². The Balaban J connectivity index is 0.968. The molecule has 3 aliphatic rings. The van der Waals surface area contributed by atoms with Gasteiger partial charge in [0.1, 0.15) is 5.75 Å². The molecule has 1 saturated carbocycles. The van der Waals surface area contributed by atoms with Gasteiger partial charge in [-0.25, -0.2) is 0 Å². The summed E-state index contributed by atoms with van der Waals surface area (Å²) in [5, 5.41) is 8.35. The van der Waals surface area contributed by atoms with Gasteiger partial charge in [0.15, 0.2) is 0 Å². The number of carbonyl (C=O) groups excluding carboxylic acids is 2. The van der Waals surface area contributed by atoms with E-state index in [2.05, 4.69) is 69.5 Å². The van der Waals surface area contributed by atoms with E-state index in [1.807, 2.05) is 11.7 Å². The van der Waals surface area contributed by atoms with E-state index in [0.717, 1.165) is 65.1 Å². The number of benzene rings is 2. The monoisotopic (exact) mass is 634 g/mol. The molecular formula is C34H43BrN4O3. The molecule has 6 rings (SSSR count). The van der Waals surface area contributed by atoms with Crippen molar-refractivity contribution in [3.05, 3.63) is 57.7 Å². The van der Waals surface area contributed by atoms with E-state index >= 15 is 0 Å². The first kappa shape index (κ1) is 29.4. The zero-order valence-corrected chi connectivity index (χ0v) is 26.5. The van der Waals surface area contributed by atoms with E-state index in [9.17, 15) is 9.59 Å². The molecule has 1 aromatic heterocycles. The van der Waals surface area contributed by atoms with Gasteiger partial charge in [0.2, 0.25) is 11.8 Å². The fourth-order valence-corrected chi connectivity index (χ4v) is 7.78. The fourth-order valence-electron chi connectivity index (χ4n) is 7.43. The van der Waals surface area contributed by atoms with Crippen LogP contribution in [0.15, 0.2) is 40.9 Å². The van der Waals surface area contributed by atoms with Gasteiger partial charge in [0, 0.05) is 35.4 Å². The third kappa shape index (κ3) is 6.30. The van der Waals surface area contributed by atoms with Crippen molar-refractivity contribution >= 4 is 38.6 Å². The van der Waals surface area contributed by atoms with E-state index in [0.29, 0.717) is 24.9 Å². The Kier molecular flexibility index (Phi) is 9.01. The third-order valence-corrected chi connectivity index (χ3v) is 10.7. The van der Waals surface area contributed by atoms with Crippen molar-refractivity contribution in [1.82, 2.24) is 20.0 Å². The topological polar surface area (TPSA) is 76.5 Å².